The number of hydrogen-bond donors (Lipinski definition) is 2. The lowest BCUT2D eigenvalue weighted by Crippen LogP contribution is -2.49. The van der Waals surface area contributed by atoms with Gasteiger partial charge in [0, 0.05) is 6.61 Å². The molecule has 2 N–H and O–H groups in total. The Morgan fingerprint density at radius 1 is 1.59 bits per heavy atom. The molecule has 2 atom stereocenters. The molecular weight excluding hydrogens is 218 g/mol. The van der Waals surface area contributed by atoms with Gasteiger partial charge < -0.3 is 15.2 Å². The van der Waals surface area contributed by atoms with Crippen LogP contribution in [-0.4, -0.2) is 35.9 Å². The number of ether oxygens (including phenoxy) is 1. The summed E-state index contributed by atoms with van der Waals surface area (Å²) in [5.41, 5.74) is -0.773. The van der Waals surface area contributed by atoms with Crippen LogP contribution in [0.3, 0.4) is 0 Å². The summed E-state index contributed by atoms with van der Waals surface area (Å²) in [7, 11) is 0. The SMILES string of the molecule is CCCC(C)(NCCCC1CCCO1)C(=O)O. The molecule has 4 heteroatoms. The van der Waals surface area contributed by atoms with Gasteiger partial charge in [-0.15, -0.1) is 0 Å². The molecule has 0 amide bonds. The average Bonchev–Trinajstić information content (AvgIpc) is 2.77. The van der Waals surface area contributed by atoms with Crippen molar-refractivity contribution in [2.45, 2.75) is 64.0 Å². The molecular formula is C13H25NO3. The summed E-state index contributed by atoms with van der Waals surface area (Å²) in [6.07, 6.45) is 6.29. The third-order valence-corrected chi connectivity index (χ3v) is 3.46. The second-order valence-electron chi connectivity index (χ2n) is 5.09. The number of aliphatic carboxylic acids is 1. The molecule has 0 aliphatic carbocycles. The van der Waals surface area contributed by atoms with Crippen LogP contribution in [0.2, 0.25) is 0 Å². The van der Waals surface area contributed by atoms with E-state index in [2.05, 4.69) is 5.32 Å². The van der Waals surface area contributed by atoms with Crippen molar-refractivity contribution in [2.75, 3.05) is 13.2 Å². The number of hydrogen-bond acceptors (Lipinski definition) is 3. The van der Waals surface area contributed by atoms with Gasteiger partial charge in [-0.25, -0.2) is 0 Å². The van der Waals surface area contributed by atoms with E-state index in [0.717, 1.165) is 38.8 Å². The first kappa shape index (κ1) is 14.5. The fourth-order valence-electron chi connectivity index (χ4n) is 2.34. The Bertz CT molecular complexity index is 239. The van der Waals surface area contributed by atoms with Gasteiger partial charge in [-0.05, 0) is 45.6 Å². The monoisotopic (exact) mass is 243 g/mol. The molecule has 0 radical (unpaired) electrons. The van der Waals surface area contributed by atoms with Crippen LogP contribution >= 0.6 is 0 Å². The Morgan fingerprint density at radius 3 is 2.88 bits per heavy atom. The fraction of sp³-hybridized carbons (Fsp3) is 0.923. The molecule has 1 heterocycles. The third-order valence-electron chi connectivity index (χ3n) is 3.46. The fourth-order valence-corrected chi connectivity index (χ4v) is 2.34. The molecule has 100 valence electrons. The Hall–Kier alpha value is -0.610. The summed E-state index contributed by atoms with van der Waals surface area (Å²) in [5.74, 6) is -0.753. The maximum absolute atomic E-state index is 11.2. The Morgan fingerprint density at radius 2 is 2.35 bits per heavy atom. The molecule has 1 aliphatic rings. The van der Waals surface area contributed by atoms with Crippen LogP contribution in [0.1, 0.15) is 52.4 Å². The van der Waals surface area contributed by atoms with E-state index in [0.29, 0.717) is 12.5 Å². The van der Waals surface area contributed by atoms with Crippen molar-refractivity contribution in [2.24, 2.45) is 0 Å². The molecule has 0 bridgehead atoms. The van der Waals surface area contributed by atoms with Gasteiger partial charge in [0.15, 0.2) is 0 Å². The zero-order chi connectivity index (χ0) is 12.7. The van der Waals surface area contributed by atoms with Crippen LogP contribution in [0.4, 0.5) is 0 Å². The van der Waals surface area contributed by atoms with Crippen LogP contribution in [0.25, 0.3) is 0 Å². The van der Waals surface area contributed by atoms with E-state index in [1.54, 1.807) is 6.92 Å². The van der Waals surface area contributed by atoms with E-state index in [4.69, 9.17) is 4.74 Å². The molecule has 17 heavy (non-hydrogen) atoms. The highest BCUT2D eigenvalue weighted by atomic mass is 16.5. The minimum absolute atomic E-state index is 0.402. The van der Waals surface area contributed by atoms with Crippen LogP contribution < -0.4 is 5.32 Å². The van der Waals surface area contributed by atoms with Crippen LogP contribution in [-0.2, 0) is 9.53 Å². The highest BCUT2D eigenvalue weighted by Crippen LogP contribution is 2.17. The van der Waals surface area contributed by atoms with Crippen LogP contribution in [0.5, 0.6) is 0 Å². The maximum atomic E-state index is 11.2. The number of nitrogens with one attached hydrogen (secondary N) is 1. The van der Waals surface area contributed by atoms with Gasteiger partial charge in [0.05, 0.1) is 6.10 Å². The van der Waals surface area contributed by atoms with Gasteiger partial charge in [-0.2, -0.15) is 0 Å². The molecule has 2 unspecified atom stereocenters. The molecule has 1 saturated heterocycles. The van der Waals surface area contributed by atoms with Crippen molar-refractivity contribution in [1.29, 1.82) is 0 Å². The number of carbonyl (C=O) groups is 1. The normalized spacial score (nSPS) is 23.5. The average molecular weight is 243 g/mol. The van der Waals surface area contributed by atoms with Crippen molar-refractivity contribution in [3.8, 4) is 0 Å². The Labute approximate surface area is 104 Å². The zero-order valence-corrected chi connectivity index (χ0v) is 11.0. The predicted octanol–water partition coefficient (Wildman–Crippen LogP) is 2.18. The molecule has 4 nitrogen and oxygen atoms in total. The van der Waals surface area contributed by atoms with E-state index in [1.165, 1.54) is 6.42 Å². The van der Waals surface area contributed by atoms with Crippen molar-refractivity contribution in [1.82, 2.24) is 5.32 Å². The third kappa shape index (κ3) is 4.64. The lowest BCUT2D eigenvalue weighted by atomic mass is 9.96. The maximum Gasteiger partial charge on any atom is 0.323 e. The minimum atomic E-state index is -0.773. The van der Waals surface area contributed by atoms with Crippen LogP contribution in [0, 0.1) is 0 Å². The first-order valence-corrected chi connectivity index (χ1v) is 6.68. The van der Waals surface area contributed by atoms with Crippen molar-refractivity contribution in [3.63, 3.8) is 0 Å². The van der Waals surface area contributed by atoms with Crippen molar-refractivity contribution < 1.29 is 14.6 Å². The van der Waals surface area contributed by atoms with Crippen molar-refractivity contribution >= 4 is 5.97 Å². The van der Waals surface area contributed by atoms with E-state index < -0.39 is 11.5 Å². The molecule has 1 rings (SSSR count). The van der Waals surface area contributed by atoms with E-state index >= 15 is 0 Å². The molecule has 0 aromatic carbocycles. The highest BCUT2D eigenvalue weighted by Gasteiger charge is 2.31. The number of carboxylic acid groups (broad SMARTS) is 1. The summed E-state index contributed by atoms with van der Waals surface area (Å²) in [6.45, 7) is 5.42. The smallest absolute Gasteiger partial charge is 0.323 e. The Balaban J connectivity index is 2.20. The van der Waals surface area contributed by atoms with Crippen molar-refractivity contribution in [3.05, 3.63) is 0 Å². The molecule has 0 spiro atoms. The van der Waals surface area contributed by atoms with Gasteiger partial charge in [0.1, 0.15) is 5.54 Å². The second-order valence-corrected chi connectivity index (χ2v) is 5.09. The topological polar surface area (TPSA) is 58.6 Å². The van der Waals surface area contributed by atoms with Gasteiger partial charge in [0.2, 0.25) is 0 Å². The molecule has 1 aliphatic heterocycles. The summed E-state index contributed by atoms with van der Waals surface area (Å²) >= 11 is 0. The molecule has 1 fully saturated rings. The highest BCUT2D eigenvalue weighted by molar-refractivity contribution is 5.78. The minimum Gasteiger partial charge on any atom is -0.480 e. The standard InChI is InChI=1S/C13H25NO3/c1-3-8-13(2,12(15)16)14-9-4-6-11-7-5-10-17-11/h11,14H,3-10H2,1-2H3,(H,15,16). The molecule has 0 aromatic rings. The zero-order valence-electron chi connectivity index (χ0n) is 11.0. The Kier molecular flexibility index (Phi) is 5.92. The van der Waals surface area contributed by atoms with Crippen LogP contribution in [0.15, 0.2) is 0 Å². The quantitative estimate of drug-likeness (QED) is 0.641. The summed E-state index contributed by atoms with van der Waals surface area (Å²) < 4.78 is 5.54. The molecule has 0 saturated carbocycles. The molecule has 0 aromatic heterocycles. The summed E-state index contributed by atoms with van der Waals surface area (Å²) in [5, 5.41) is 12.4. The lowest BCUT2D eigenvalue weighted by molar-refractivity contribution is -0.144. The number of rotatable bonds is 8. The van der Waals surface area contributed by atoms with E-state index in [9.17, 15) is 9.90 Å². The van der Waals surface area contributed by atoms with E-state index in [-0.39, 0.29) is 0 Å². The van der Waals surface area contributed by atoms with Gasteiger partial charge >= 0.3 is 5.97 Å². The van der Waals surface area contributed by atoms with Gasteiger partial charge in [-0.3, -0.25) is 4.79 Å². The summed E-state index contributed by atoms with van der Waals surface area (Å²) in [6, 6.07) is 0. The lowest BCUT2D eigenvalue weighted by Gasteiger charge is -2.26. The first-order valence-electron chi connectivity index (χ1n) is 6.68. The van der Waals surface area contributed by atoms with E-state index in [1.807, 2.05) is 6.92 Å². The van der Waals surface area contributed by atoms with Gasteiger partial charge in [0.25, 0.3) is 0 Å². The largest absolute Gasteiger partial charge is 0.480 e. The first-order chi connectivity index (χ1) is 8.08. The second kappa shape index (κ2) is 6.97. The number of carboxylic acids is 1. The summed E-state index contributed by atoms with van der Waals surface area (Å²) in [4.78, 5) is 11.2. The predicted molar refractivity (Wildman–Crippen MR) is 67.2 cm³/mol. The van der Waals surface area contributed by atoms with Gasteiger partial charge in [-0.1, -0.05) is 13.3 Å².